The van der Waals surface area contributed by atoms with Crippen LogP contribution < -0.4 is 11.1 Å². The van der Waals surface area contributed by atoms with Crippen molar-refractivity contribution in [1.29, 1.82) is 0 Å². The van der Waals surface area contributed by atoms with Crippen LogP contribution >= 0.6 is 0 Å². The van der Waals surface area contributed by atoms with E-state index in [1.54, 1.807) is 0 Å². The van der Waals surface area contributed by atoms with Crippen LogP contribution in [0.4, 0.5) is 0 Å². The minimum absolute atomic E-state index is 0.163. The van der Waals surface area contributed by atoms with Gasteiger partial charge >= 0.3 is 0 Å². The molecule has 19 heavy (non-hydrogen) atoms. The zero-order chi connectivity index (χ0) is 13.3. The number of rotatable bonds is 2. The van der Waals surface area contributed by atoms with Crippen LogP contribution in [0.25, 0.3) is 0 Å². The SMILES string of the molecule is NC(=O)C1(N2CCNCC2)CCc2ccccc2C1. The number of nitrogens with two attached hydrogens (primary N) is 1. The fraction of sp³-hybridized carbons (Fsp3) is 0.533. The molecule has 1 aromatic rings. The van der Waals surface area contributed by atoms with Gasteiger partial charge in [-0.2, -0.15) is 0 Å². The number of aryl methyl sites for hydroxylation is 1. The summed E-state index contributed by atoms with van der Waals surface area (Å²) in [5, 5.41) is 3.34. The summed E-state index contributed by atoms with van der Waals surface area (Å²) < 4.78 is 0. The van der Waals surface area contributed by atoms with Crippen LogP contribution in [0, 0.1) is 0 Å². The van der Waals surface area contributed by atoms with Crippen molar-refractivity contribution in [2.45, 2.75) is 24.8 Å². The Labute approximate surface area is 114 Å². The van der Waals surface area contributed by atoms with Crippen LogP contribution in [0.1, 0.15) is 17.5 Å². The van der Waals surface area contributed by atoms with E-state index >= 15 is 0 Å². The fourth-order valence-corrected chi connectivity index (χ4v) is 3.45. The van der Waals surface area contributed by atoms with E-state index in [2.05, 4.69) is 28.4 Å². The predicted octanol–water partition coefficient (Wildman–Crippen LogP) is 0.305. The zero-order valence-electron chi connectivity index (χ0n) is 11.2. The normalized spacial score (nSPS) is 27.8. The summed E-state index contributed by atoms with van der Waals surface area (Å²) in [5.74, 6) is -0.163. The van der Waals surface area contributed by atoms with Crippen molar-refractivity contribution in [3.8, 4) is 0 Å². The van der Waals surface area contributed by atoms with Gasteiger partial charge in [0, 0.05) is 32.6 Å². The van der Waals surface area contributed by atoms with Crippen molar-refractivity contribution in [1.82, 2.24) is 10.2 Å². The number of primary amides is 1. The molecule has 1 aliphatic heterocycles. The molecule has 1 atom stereocenters. The largest absolute Gasteiger partial charge is 0.368 e. The molecule has 0 bridgehead atoms. The monoisotopic (exact) mass is 259 g/mol. The van der Waals surface area contributed by atoms with Gasteiger partial charge in [0.15, 0.2) is 0 Å². The van der Waals surface area contributed by atoms with Gasteiger partial charge in [0.2, 0.25) is 5.91 Å². The number of benzene rings is 1. The number of hydrogen-bond donors (Lipinski definition) is 2. The maximum Gasteiger partial charge on any atom is 0.238 e. The zero-order valence-corrected chi connectivity index (χ0v) is 11.2. The molecule has 1 unspecified atom stereocenters. The molecule has 4 heteroatoms. The van der Waals surface area contributed by atoms with E-state index < -0.39 is 5.54 Å². The first kappa shape index (κ1) is 12.6. The highest BCUT2D eigenvalue weighted by Crippen LogP contribution is 2.33. The number of fused-ring (bicyclic) bond motifs is 1. The Kier molecular flexibility index (Phi) is 3.29. The molecular weight excluding hydrogens is 238 g/mol. The molecule has 1 amide bonds. The second kappa shape index (κ2) is 4.94. The van der Waals surface area contributed by atoms with Gasteiger partial charge in [-0.15, -0.1) is 0 Å². The number of hydrogen-bond acceptors (Lipinski definition) is 3. The maximum atomic E-state index is 12.1. The van der Waals surface area contributed by atoms with E-state index in [1.165, 1.54) is 11.1 Å². The molecule has 0 saturated carbocycles. The Hall–Kier alpha value is -1.39. The Morgan fingerprint density at radius 3 is 2.58 bits per heavy atom. The van der Waals surface area contributed by atoms with E-state index in [0.717, 1.165) is 45.4 Å². The second-order valence-electron chi connectivity index (χ2n) is 5.58. The molecule has 0 radical (unpaired) electrons. The first-order valence-electron chi connectivity index (χ1n) is 7.05. The van der Waals surface area contributed by atoms with Crippen LogP contribution in [0.15, 0.2) is 24.3 Å². The molecule has 4 nitrogen and oxygen atoms in total. The first-order chi connectivity index (χ1) is 9.22. The van der Waals surface area contributed by atoms with Crippen LogP contribution in [0.5, 0.6) is 0 Å². The number of piperazine rings is 1. The van der Waals surface area contributed by atoms with Crippen molar-refractivity contribution < 1.29 is 4.79 Å². The van der Waals surface area contributed by atoms with Gasteiger partial charge in [-0.05, 0) is 24.0 Å². The average Bonchev–Trinajstić information content (AvgIpc) is 2.47. The van der Waals surface area contributed by atoms with E-state index in [0.29, 0.717) is 0 Å². The van der Waals surface area contributed by atoms with Crippen LogP contribution in [0.3, 0.4) is 0 Å². The lowest BCUT2D eigenvalue weighted by Gasteiger charge is -2.46. The van der Waals surface area contributed by atoms with Crippen LogP contribution in [-0.2, 0) is 17.6 Å². The number of amides is 1. The number of carbonyl (C=O) groups excluding carboxylic acids is 1. The topological polar surface area (TPSA) is 58.4 Å². The molecule has 1 aliphatic carbocycles. The summed E-state index contributed by atoms with van der Waals surface area (Å²) in [5.41, 5.74) is 7.97. The predicted molar refractivity (Wildman–Crippen MR) is 74.8 cm³/mol. The van der Waals surface area contributed by atoms with E-state index in [1.807, 2.05) is 6.07 Å². The molecule has 2 aliphatic rings. The summed E-state index contributed by atoms with van der Waals surface area (Å²) in [6.45, 7) is 3.70. The summed E-state index contributed by atoms with van der Waals surface area (Å²) in [6.07, 6.45) is 2.56. The fourth-order valence-electron chi connectivity index (χ4n) is 3.45. The van der Waals surface area contributed by atoms with Crippen molar-refractivity contribution in [2.24, 2.45) is 5.73 Å². The third-order valence-corrected chi connectivity index (χ3v) is 4.59. The quantitative estimate of drug-likeness (QED) is 0.803. The van der Waals surface area contributed by atoms with Gasteiger partial charge in [0.1, 0.15) is 5.54 Å². The van der Waals surface area contributed by atoms with Crippen LogP contribution in [0.2, 0.25) is 0 Å². The summed E-state index contributed by atoms with van der Waals surface area (Å²) in [6, 6.07) is 8.42. The van der Waals surface area contributed by atoms with Gasteiger partial charge < -0.3 is 11.1 Å². The van der Waals surface area contributed by atoms with Crippen molar-refractivity contribution in [3.05, 3.63) is 35.4 Å². The molecule has 1 heterocycles. The van der Waals surface area contributed by atoms with Gasteiger partial charge in [0.25, 0.3) is 0 Å². The molecule has 1 aromatic carbocycles. The van der Waals surface area contributed by atoms with E-state index in [-0.39, 0.29) is 5.91 Å². The van der Waals surface area contributed by atoms with Gasteiger partial charge in [-0.1, -0.05) is 24.3 Å². The molecule has 1 saturated heterocycles. The summed E-state index contributed by atoms with van der Waals surface area (Å²) in [4.78, 5) is 14.4. The lowest BCUT2D eigenvalue weighted by molar-refractivity contribution is -0.131. The molecule has 0 aromatic heterocycles. The maximum absolute atomic E-state index is 12.1. The number of nitrogens with zero attached hydrogens (tertiary/aromatic N) is 1. The summed E-state index contributed by atoms with van der Waals surface area (Å²) >= 11 is 0. The molecule has 3 N–H and O–H groups in total. The highest BCUT2D eigenvalue weighted by atomic mass is 16.1. The van der Waals surface area contributed by atoms with Crippen molar-refractivity contribution in [3.63, 3.8) is 0 Å². The Balaban J connectivity index is 1.93. The molecule has 1 fully saturated rings. The molecule has 3 rings (SSSR count). The lowest BCUT2D eigenvalue weighted by Crippen LogP contribution is -2.64. The Bertz CT molecular complexity index is 482. The third kappa shape index (κ3) is 2.15. The van der Waals surface area contributed by atoms with E-state index in [4.69, 9.17) is 5.73 Å². The highest BCUT2D eigenvalue weighted by Gasteiger charge is 2.44. The molecule has 102 valence electrons. The number of carbonyl (C=O) groups is 1. The average molecular weight is 259 g/mol. The van der Waals surface area contributed by atoms with Crippen molar-refractivity contribution in [2.75, 3.05) is 26.2 Å². The third-order valence-electron chi connectivity index (χ3n) is 4.59. The Morgan fingerprint density at radius 1 is 1.21 bits per heavy atom. The van der Waals surface area contributed by atoms with Crippen LogP contribution in [-0.4, -0.2) is 42.5 Å². The van der Waals surface area contributed by atoms with Gasteiger partial charge in [-0.3, -0.25) is 9.69 Å². The second-order valence-corrected chi connectivity index (χ2v) is 5.58. The standard InChI is InChI=1S/C15H21N3O/c16-14(19)15(18-9-7-17-8-10-18)6-5-12-3-1-2-4-13(12)11-15/h1-4,17H,5-11H2,(H2,16,19). The molecular formula is C15H21N3O. The smallest absolute Gasteiger partial charge is 0.238 e. The highest BCUT2D eigenvalue weighted by molar-refractivity contribution is 5.85. The summed E-state index contributed by atoms with van der Waals surface area (Å²) in [7, 11) is 0. The Morgan fingerprint density at radius 2 is 1.89 bits per heavy atom. The van der Waals surface area contributed by atoms with E-state index in [9.17, 15) is 4.79 Å². The molecule has 0 spiro atoms. The van der Waals surface area contributed by atoms with Gasteiger partial charge in [0.05, 0.1) is 0 Å². The number of nitrogens with one attached hydrogen (secondary N) is 1. The van der Waals surface area contributed by atoms with Gasteiger partial charge in [-0.25, -0.2) is 0 Å². The van der Waals surface area contributed by atoms with Crippen molar-refractivity contribution >= 4 is 5.91 Å². The lowest BCUT2D eigenvalue weighted by atomic mass is 9.76. The minimum atomic E-state index is -0.476. The first-order valence-corrected chi connectivity index (χ1v) is 7.05. The minimum Gasteiger partial charge on any atom is -0.368 e.